The maximum Gasteiger partial charge on any atom is 0.261 e. The number of benzene rings is 1. The minimum absolute atomic E-state index is 0. The monoisotopic (exact) mass is 526 g/mol. The molecule has 2 amide bonds. The molecule has 2 aliphatic carbocycles. The zero-order valence-corrected chi connectivity index (χ0v) is 22.6. The number of aromatic nitrogens is 2. The molecule has 3 aromatic rings. The summed E-state index contributed by atoms with van der Waals surface area (Å²) in [5, 5.41) is 0. The lowest BCUT2D eigenvalue weighted by molar-refractivity contribution is 0.0671. The SMILES string of the molecule is O=C1c2ccccc2C(=O)N1C/C=C/CN(CC1CCc2cccnc2C1)[C@H]1CCCc2cccnc21.S. The van der Waals surface area contributed by atoms with Gasteiger partial charge >= 0.3 is 0 Å². The minimum atomic E-state index is -0.208. The van der Waals surface area contributed by atoms with Gasteiger partial charge in [0.1, 0.15) is 0 Å². The van der Waals surface area contributed by atoms with Gasteiger partial charge in [0.15, 0.2) is 0 Å². The normalized spacial score (nSPS) is 20.3. The average Bonchev–Trinajstić information content (AvgIpc) is 3.19. The lowest BCUT2D eigenvalue weighted by Gasteiger charge is -2.37. The van der Waals surface area contributed by atoms with Gasteiger partial charge in [-0.2, -0.15) is 13.5 Å². The summed E-state index contributed by atoms with van der Waals surface area (Å²) in [6.45, 7) is 2.03. The Morgan fingerprint density at radius 3 is 2.39 bits per heavy atom. The first-order valence-electron chi connectivity index (χ1n) is 13.4. The van der Waals surface area contributed by atoms with Crippen LogP contribution in [-0.4, -0.2) is 51.2 Å². The molecule has 0 saturated carbocycles. The highest BCUT2D eigenvalue weighted by Gasteiger charge is 2.34. The Labute approximate surface area is 231 Å². The number of fused-ring (bicyclic) bond motifs is 3. The number of hydrogen-bond acceptors (Lipinski definition) is 5. The van der Waals surface area contributed by atoms with Crippen LogP contribution in [0, 0.1) is 5.92 Å². The van der Waals surface area contributed by atoms with Crippen LogP contribution < -0.4 is 0 Å². The second-order valence-corrected chi connectivity index (χ2v) is 10.4. The Kier molecular flexibility index (Phi) is 8.05. The van der Waals surface area contributed by atoms with E-state index in [1.807, 2.05) is 30.6 Å². The number of pyridine rings is 2. The van der Waals surface area contributed by atoms with Crippen LogP contribution in [0.1, 0.15) is 68.5 Å². The van der Waals surface area contributed by atoms with E-state index in [0.29, 0.717) is 23.6 Å². The minimum Gasteiger partial charge on any atom is -0.291 e. The van der Waals surface area contributed by atoms with Crippen molar-refractivity contribution in [2.24, 2.45) is 5.92 Å². The van der Waals surface area contributed by atoms with Gasteiger partial charge in [-0.3, -0.25) is 29.4 Å². The molecule has 2 aromatic heterocycles. The number of carbonyl (C=O) groups is 2. The molecule has 38 heavy (non-hydrogen) atoms. The number of amides is 2. The molecule has 3 heterocycles. The highest BCUT2D eigenvalue weighted by molar-refractivity contribution is 7.59. The molecular weight excluding hydrogens is 492 g/mol. The van der Waals surface area contributed by atoms with E-state index in [1.165, 1.54) is 27.4 Å². The van der Waals surface area contributed by atoms with Gasteiger partial charge in [0.2, 0.25) is 0 Å². The van der Waals surface area contributed by atoms with Crippen molar-refractivity contribution in [1.82, 2.24) is 19.8 Å². The first-order chi connectivity index (χ1) is 18.2. The molecule has 1 aromatic carbocycles. The van der Waals surface area contributed by atoms with Crippen molar-refractivity contribution in [3.05, 3.63) is 107 Å². The fourth-order valence-corrected chi connectivity index (χ4v) is 6.17. The third-order valence-corrected chi connectivity index (χ3v) is 8.06. The molecule has 0 N–H and O–H groups in total. The van der Waals surface area contributed by atoms with Gasteiger partial charge < -0.3 is 0 Å². The van der Waals surface area contributed by atoms with Crippen LogP contribution in [0.2, 0.25) is 0 Å². The highest BCUT2D eigenvalue weighted by Crippen LogP contribution is 2.35. The predicted molar refractivity (Wildman–Crippen MR) is 153 cm³/mol. The van der Waals surface area contributed by atoms with E-state index >= 15 is 0 Å². The second kappa shape index (κ2) is 11.6. The van der Waals surface area contributed by atoms with E-state index in [2.05, 4.69) is 28.1 Å². The summed E-state index contributed by atoms with van der Waals surface area (Å²) >= 11 is 0. The molecule has 3 aliphatic rings. The average molecular weight is 527 g/mol. The van der Waals surface area contributed by atoms with E-state index in [1.54, 1.807) is 24.3 Å². The summed E-state index contributed by atoms with van der Waals surface area (Å²) in [7, 11) is 0. The smallest absolute Gasteiger partial charge is 0.261 e. The van der Waals surface area contributed by atoms with Gasteiger partial charge in [-0.05, 0) is 79.8 Å². The van der Waals surface area contributed by atoms with Gasteiger partial charge in [0.25, 0.3) is 11.8 Å². The molecule has 196 valence electrons. The third kappa shape index (κ3) is 5.18. The molecule has 0 spiro atoms. The number of nitrogens with zero attached hydrogens (tertiary/aromatic N) is 4. The van der Waals surface area contributed by atoms with Crippen LogP contribution in [0.15, 0.2) is 73.1 Å². The molecule has 2 atom stereocenters. The summed E-state index contributed by atoms with van der Waals surface area (Å²) in [4.78, 5) is 38.8. The molecule has 6 rings (SSSR count). The van der Waals surface area contributed by atoms with Crippen LogP contribution >= 0.6 is 13.5 Å². The first-order valence-corrected chi connectivity index (χ1v) is 13.4. The van der Waals surface area contributed by atoms with E-state index < -0.39 is 0 Å². The maximum absolute atomic E-state index is 12.7. The van der Waals surface area contributed by atoms with Crippen molar-refractivity contribution in [3.63, 3.8) is 0 Å². The summed E-state index contributed by atoms with van der Waals surface area (Å²) < 4.78 is 0. The Hall–Kier alpha value is -3.29. The summed E-state index contributed by atoms with van der Waals surface area (Å²) in [5.41, 5.74) is 6.18. The van der Waals surface area contributed by atoms with Crippen LogP contribution in [0.3, 0.4) is 0 Å². The van der Waals surface area contributed by atoms with Crippen LogP contribution in [0.25, 0.3) is 0 Å². The zero-order valence-electron chi connectivity index (χ0n) is 21.6. The van der Waals surface area contributed by atoms with Crippen molar-refractivity contribution in [2.75, 3.05) is 19.6 Å². The lowest BCUT2D eigenvalue weighted by Crippen LogP contribution is -2.37. The number of imide groups is 1. The highest BCUT2D eigenvalue weighted by atomic mass is 32.1. The van der Waals surface area contributed by atoms with E-state index in [4.69, 9.17) is 4.98 Å². The van der Waals surface area contributed by atoms with Gasteiger partial charge in [-0.15, -0.1) is 0 Å². The first kappa shape index (κ1) is 26.3. The standard InChI is InChI=1S/C31H32N4O2.H2S/c36-30-25-11-1-2-12-26(25)31(37)35(30)19-4-3-18-34(28-13-5-8-24-10-7-17-33-29(24)28)21-22-14-15-23-9-6-16-32-27(23)20-22;/h1-4,6-7,9-12,16-17,22,28H,5,8,13-15,18-21H2;1H2/b4-3+;/t22?,28-;/m0./s1. The van der Waals surface area contributed by atoms with Crippen molar-refractivity contribution in [2.45, 2.75) is 44.6 Å². The van der Waals surface area contributed by atoms with Gasteiger partial charge in [-0.25, -0.2) is 0 Å². The molecule has 1 aliphatic heterocycles. The predicted octanol–water partition coefficient (Wildman–Crippen LogP) is 4.93. The number of hydrogen-bond donors (Lipinski definition) is 0. The molecule has 0 saturated heterocycles. The summed E-state index contributed by atoms with van der Waals surface area (Å²) in [6.07, 6.45) is 14.5. The largest absolute Gasteiger partial charge is 0.291 e. The molecular formula is C31H34N4O2S. The van der Waals surface area contributed by atoms with Crippen molar-refractivity contribution in [3.8, 4) is 0 Å². The Morgan fingerprint density at radius 1 is 0.868 bits per heavy atom. The molecule has 1 unspecified atom stereocenters. The van der Waals surface area contributed by atoms with Crippen LogP contribution in [0.4, 0.5) is 0 Å². The Morgan fingerprint density at radius 2 is 1.61 bits per heavy atom. The van der Waals surface area contributed by atoms with Gasteiger partial charge in [-0.1, -0.05) is 36.4 Å². The Balaban J connectivity index is 0.00000294. The van der Waals surface area contributed by atoms with Crippen molar-refractivity contribution in [1.29, 1.82) is 0 Å². The molecule has 0 fully saturated rings. The van der Waals surface area contributed by atoms with Crippen LogP contribution in [0.5, 0.6) is 0 Å². The van der Waals surface area contributed by atoms with Gasteiger partial charge in [0, 0.05) is 37.7 Å². The number of rotatable bonds is 7. The van der Waals surface area contributed by atoms with Gasteiger partial charge in [0.05, 0.1) is 22.9 Å². The van der Waals surface area contributed by atoms with Crippen molar-refractivity contribution >= 4 is 25.3 Å². The van der Waals surface area contributed by atoms with E-state index in [0.717, 1.165) is 51.6 Å². The quantitative estimate of drug-likeness (QED) is 0.323. The van der Waals surface area contributed by atoms with Crippen molar-refractivity contribution < 1.29 is 9.59 Å². The van der Waals surface area contributed by atoms with E-state index in [9.17, 15) is 9.59 Å². The summed E-state index contributed by atoms with van der Waals surface area (Å²) in [6, 6.07) is 15.8. The maximum atomic E-state index is 12.7. The number of carbonyl (C=O) groups excluding carboxylic acids is 2. The topological polar surface area (TPSA) is 66.4 Å². The third-order valence-electron chi connectivity index (χ3n) is 8.06. The summed E-state index contributed by atoms with van der Waals surface area (Å²) in [5.74, 6) is 0.128. The number of aryl methyl sites for hydroxylation is 2. The molecule has 0 radical (unpaired) electrons. The molecule has 7 heteroatoms. The molecule has 6 nitrogen and oxygen atoms in total. The zero-order chi connectivity index (χ0) is 25.2. The van der Waals surface area contributed by atoms with E-state index in [-0.39, 0.29) is 31.4 Å². The fourth-order valence-electron chi connectivity index (χ4n) is 6.17. The fraction of sp³-hybridized carbons (Fsp3) is 0.355. The Bertz CT molecular complexity index is 1320. The van der Waals surface area contributed by atoms with Crippen LogP contribution in [-0.2, 0) is 19.3 Å². The lowest BCUT2D eigenvalue weighted by atomic mass is 9.85. The molecule has 0 bridgehead atoms. The second-order valence-electron chi connectivity index (χ2n) is 10.4.